The summed E-state index contributed by atoms with van der Waals surface area (Å²) in [5.74, 6) is -0.834. The molecule has 2 aromatic carbocycles. The number of aromatic nitrogens is 1. The van der Waals surface area contributed by atoms with E-state index in [2.05, 4.69) is 4.98 Å². The third-order valence-electron chi connectivity index (χ3n) is 3.84. The highest BCUT2D eigenvalue weighted by Gasteiger charge is 2.41. The number of rotatable bonds is 6. The van der Waals surface area contributed by atoms with Crippen LogP contribution in [-0.2, 0) is 16.1 Å². The highest BCUT2D eigenvalue weighted by atomic mass is 32.1. The number of hydrogen-bond donors (Lipinski definition) is 1. The molecule has 0 aliphatic heterocycles. The van der Waals surface area contributed by atoms with Crippen molar-refractivity contribution in [2.45, 2.75) is 25.7 Å². The third kappa shape index (κ3) is 5.05. The molecule has 0 spiro atoms. The van der Waals surface area contributed by atoms with Crippen LogP contribution >= 0.6 is 11.3 Å². The third-order valence-corrected chi connectivity index (χ3v) is 4.85. The first-order chi connectivity index (χ1) is 12.8. The molecule has 0 saturated heterocycles. The summed E-state index contributed by atoms with van der Waals surface area (Å²) in [6.45, 7) is 1.36. The fourth-order valence-corrected chi connectivity index (χ4v) is 3.43. The van der Waals surface area contributed by atoms with E-state index in [0.29, 0.717) is 5.01 Å². The van der Waals surface area contributed by atoms with Crippen molar-refractivity contribution in [1.29, 1.82) is 0 Å². The van der Waals surface area contributed by atoms with E-state index in [1.165, 1.54) is 23.5 Å². The second-order valence-electron chi connectivity index (χ2n) is 6.02. The number of thiazole rings is 1. The number of aryl methyl sites for hydroxylation is 1. The van der Waals surface area contributed by atoms with Crippen molar-refractivity contribution in [2.24, 2.45) is 0 Å². The number of ether oxygens (including phenoxy) is 1. The number of hydrogen-bond acceptors (Lipinski definition) is 4. The fourth-order valence-electron chi connectivity index (χ4n) is 2.53. The van der Waals surface area contributed by atoms with Gasteiger partial charge in [-0.3, -0.25) is 4.79 Å². The second-order valence-corrected chi connectivity index (χ2v) is 7.14. The van der Waals surface area contributed by atoms with Gasteiger partial charge in [0.05, 0.1) is 16.8 Å². The van der Waals surface area contributed by atoms with E-state index in [9.17, 15) is 18.0 Å². The molecule has 27 heavy (non-hydrogen) atoms. The van der Waals surface area contributed by atoms with Crippen molar-refractivity contribution < 1.29 is 22.7 Å². The molecule has 8 heteroatoms. The van der Waals surface area contributed by atoms with E-state index >= 15 is 0 Å². The van der Waals surface area contributed by atoms with Gasteiger partial charge in [-0.2, -0.15) is 13.2 Å². The van der Waals surface area contributed by atoms with Crippen molar-refractivity contribution in [2.75, 3.05) is 6.61 Å². The Kier molecular flexibility index (Phi) is 5.76. The molecule has 0 fully saturated rings. The van der Waals surface area contributed by atoms with E-state index in [-0.39, 0.29) is 12.2 Å². The fraction of sp³-hybridized carbons (Fsp3) is 0.263. The Balaban J connectivity index is 1.58. The van der Waals surface area contributed by atoms with Gasteiger partial charge in [-0.25, -0.2) is 4.98 Å². The summed E-state index contributed by atoms with van der Waals surface area (Å²) in [7, 11) is 0. The summed E-state index contributed by atoms with van der Waals surface area (Å²) < 4.78 is 46.2. The standard InChI is InChI=1S/C19H17F3N2O2S/c1-12-6-8-13(9-7-12)18(19(20,21)22)24-16(25)10-26-11-17-23-14-4-2-3-5-15(14)27-17/h2-9,18H,10-11H2,1H3,(H,24,25)/t18-/m1/s1. The number of nitrogens with zero attached hydrogens (tertiary/aromatic N) is 1. The zero-order chi connectivity index (χ0) is 19.4. The number of nitrogens with one attached hydrogen (secondary N) is 1. The summed E-state index contributed by atoms with van der Waals surface area (Å²) in [4.78, 5) is 16.3. The molecule has 0 unspecified atom stereocenters. The molecule has 4 nitrogen and oxygen atoms in total. The van der Waals surface area contributed by atoms with Crippen molar-refractivity contribution in [3.05, 3.63) is 64.7 Å². The number of alkyl halides is 3. The van der Waals surface area contributed by atoms with E-state index < -0.39 is 24.7 Å². The zero-order valence-electron chi connectivity index (χ0n) is 14.4. The van der Waals surface area contributed by atoms with Crippen LogP contribution in [0.2, 0.25) is 0 Å². The first-order valence-electron chi connectivity index (χ1n) is 8.18. The van der Waals surface area contributed by atoms with E-state index in [0.717, 1.165) is 15.8 Å². The number of fused-ring (bicyclic) bond motifs is 1. The molecule has 1 aromatic heterocycles. The van der Waals surface area contributed by atoms with Crippen molar-refractivity contribution in [3.63, 3.8) is 0 Å². The SMILES string of the molecule is Cc1ccc([C@@H](NC(=O)COCc2nc3ccccc3s2)C(F)(F)F)cc1. The van der Waals surface area contributed by atoms with Crippen LogP contribution in [0.3, 0.4) is 0 Å². The molecule has 0 aliphatic carbocycles. The summed E-state index contributed by atoms with van der Waals surface area (Å²) in [6.07, 6.45) is -4.60. The van der Waals surface area contributed by atoms with Crippen LogP contribution in [0.4, 0.5) is 13.2 Å². The predicted molar refractivity (Wildman–Crippen MR) is 97.4 cm³/mol. The molecule has 1 atom stereocenters. The monoisotopic (exact) mass is 394 g/mol. The lowest BCUT2D eigenvalue weighted by Crippen LogP contribution is -2.39. The number of carbonyl (C=O) groups is 1. The van der Waals surface area contributed by atoms with Gasteiger partial charge < -0.3 is 10.1 Å². The Labute approximate surface area is 158 Å². The minimum Gasteiger partial charge on any atom is -0.364 e. The van der Waals surface area contributed by atoms with Crippen LogP contribution < -0.4 is 5.32 Å². The van der Waals surface area contributed by atoms with Crippen molar-refractivity contribution >= 4 is 27.5 Å². The Bertz CT molecular complexity index is 890. The van der Waals surface area contributed by atoms with Crippen LogP contribution in [0.5, 0.6) is 0 Å². The van der Waals surface area contributed by atoms with Crippen molar-refractivity contribution in [3.8, 4) is 0 Å². The molecule has 0 radical (unpaired) electrons. The Hall–Kier alpha value is -2.45. The first-order valence-corrected chi connectivity index (χ1v) is 8.99. The number of para-hydroxylation sites is 1. The quantitative estimate of drug-likeness (QED) is 0.668. The lowest BCUT2D eigenvalue weighted by Gasteiger charge is -2.22. The van der Waals surface area contributed by atoms with Crippen LogP contribution in [0.15, 0.2) is 48.5 Å². The maximum absolute atomic E-state index is 13.3. The highest BCUT2D eigenvalue weighted by molar-refractivity contribution is 7.18. The topological polar surface area (TPSA) is 51.2 Å². The zero-order valence-corrected chi connectivity index (χ0v) is 15.2. The van der Waals surface area contributed by atoms with E-state index in [1.807, 2.05) is 29.6 Å². The lowest BCUT2D eigenvalue weighted by atomic mass is 10.0. The average Bonchev–Trinajstić information content (AvgIpc) is 3.02. The highest BCUT2D eigenvalue weighted by Crippen LogP contribution is 2.32. The van der Waals surface area contributed by atoms with Crippen LogP contribution in [0.25, 0.3) is 10.2 Å². The molecule has 1 amide bonds. The maximum atomic E-state index is 13.3. The molecule has 0 aliphatic rings. The first kappa shape index (κ1) is 19.3. The van der Waals surface area contributed by atoms with E-state index in [4.69, 9.17) is 4.74 Å². The van der Waals surface area contributed by atoms with Crippen molar-refractivity contribution in [1.82, 2.24) is 10.3 Å². The molecular weight excluding hydrogens is 377 g/mol. The van der Waals surface area contributed by atoms with Gasteiger partial charge in [0.1, 0.15) is 11.6 Å². The Morgan fingerprint density at radius 2 is 1.89 bits per heavy atom. The summed E-state index contributed by atoms with van der Waals surface area (Å²) in [5, 5.41) is 2.66. The Morgan fingerprint density at radius 1 is 1.19 bits per heavy atom. The van der Waals surface area contributed by atoms with Gasteiger partial charge in [0.2, 0.25) is 5.91 Å². The van der Waals surface area contributed by atoms with Crippen LogP contribution in [0, 0.1) is 6.92 Å². The van der Waals surface area contributed by atoms with Gasteiger partial charge in [-0.05, 0) is 24.6 Å². The van der Waals surface area contributed by atoms with Gasteiger partial charge in [-0.15, -0.1) is 11.3 Å². The number of halogens is 3. The predicted octanol–water partition coefficient (Wildman–Crippen LogP) is 4.54. The summed E-state index contributed by atoms with van der Waals surface area (Å²) in [5.41, 5.74) is 1.64. The second kappa shape index (κ2) is 8.06. The van der Waals surface area contributed by atoms with Gasteiger partial charge in [-0.1, -0.05) is 42.0 Å². The lowest BCUT2D eigenvalue weighted by molar-refractivity contribution is -0.164. The summed E-state index contributed by atoms with van der Waals surface area (Å²) in [6, 6.07) is 11.3. The number of benzene rings is 2. The van der Waals surface area contributed by atoms with Gasteiger partial charge >= 0.3 is 6.18 Å². The smallest absolute Gasteiger partial charge is 0.364 e. The molecule has 0 saturated carbocycles. The normalized spacial score (nSPS) is 12.9. The molecular formula is C19H17F3N2O2S. The van der Waals surface area contributed by atoms with Crippen LogP contribution in [0.1, 0.15) is 22.2 Å². The van der Waals surface area contributed by atoms with E-state index in [1.54, 1.807) is 19.1 Å². The average molecular weight is 394 g/mol. The molecule has 1 N–H and O–H groups in total. The minimum absolute atomic E-state index is 0.0207. The number of amides is 1. The van der Waals surface area contributed by atoms with Gasteiger partial charge in [0.25, 0.3) is 0 Å². The van der Waals surface area contributed by atoms with Gasteiger partial charge in [0.15, 0.2) is 6.04 Å². The molecule has 3 rings (SSSR count). The van der Waals surface area contributed by atoms with Gasteiger partial charge in [0, 0.05) is 0 Å². The molecule has 142 valence electrons. The number of carbonyl (C=O) groups excluding carboxylic acids is 1. The van der Waals surface area contributed by atoms with Crippen LogP contribution in [-0.4, -0.2) is 23.7 Å². The molecule has 1 heterocycles. The molecule has 3 aromatic rings. The summed E-state index contributed by atoms with van der Waals surface area (Å²) >= 11 is 1.42. The molecule has 0 bridgehead atoms. The Morgan fingerprint density at radius 3 is 2.56 bits per heavy atom. The minimum atomic E-state index is -4.60. The largest absolute Gasteiger partial charge is 0.412 e. The maximum Gasteiger partial charge on any atom is 0.412 e.